The molecule has 1 rings (SSSR count). The van der Waals surface area contributed by atoms with Crippen LogP contribution in [0.5, 0.6) is 5.75 Å². The summed E-state index contributed by atoms with van der Waals surface area (Å²) in [4.78, 5) is 25.1. The van der Waals surface area contributed by atoms with Crippen LogP contribution in [0.25, 0.3) is 0 Å². The topological polar surface area (TPSA) is 84.7 Å². The van der Waals surface area contributed by atoms with E-state index in [2.05, 4.69) is 5.32 Å². The molecule has 0 fully saturated rings. The van der Waals surface area contributed by atoms with E-state index in [1.807, 2.05) is 19.1 Å². The van der Waals surface area contributed by atoms with Gasteiger partial charge in [-0.2, -0.15) is 0 Å². The second-order valence-electron chi connectivity index (χ2n) is 4.78. The normalized spacial score (nSPS) is 11.6. The van der Waals surface area contributed by atoms with Crippen molar-refractivity contribution in [2.24, 2.45) is 0 Å². The van der Waals surface area contributed by atoms with Crippen LogP contribution in [-0.4, -0.2) is 43.0 Å². The number of anilines is 1. The van der Waals surface area contributed by atoms with Gasteiger partial charge >= 0.3 is 0 Å². The molecule has 21 heavy (non-hydrogen) atoms. The SMILES string of the molecule is CCN(C)C(=O)C(C)NC(=O)CCOc1ccccc1N. The number of likely N-dealkylation sites (N-methyl/N-ethyl adjacent to an activating group) is 1. The first-order valence-corrected chi connectivity index (χ1v) is 6.97. The molecule has 3 N–H and O–H groups in total. The van der Waals surface area contributed by atoms with E-state index < -0.39 is 6.04 Å². The molecule has 6 nitrogen and oxygen atoms in total. The second kappa shape index (κ2) is 8.14. The lowest BCUT2D eigenvalue weighted by Gasteiger charge is -2.20. The number of hydrogen-bond donors (Lipinski definition) is 2. The maximum atomic E-state index is 11.8. The van der Waals surface area contributed by atoms with Crippen LogP contribution in [0.2, 0.25) is 0 Å². The summed E-state index contributed by atoms with van der Waals surface area (Å²) in [7, 11) is 1.70. The third-order valence-electron chi connectivity index (χ3n) is 3.10. The summed E-state index contributed by atoms with van der Waals surface area (Å²) in [5.74, 6) is 0.217. The Labute approximate surface area is 125 Å². The van der Waals surface area contributed by atoms with Gasteiger partial charge in [0.25, 0.3) is 0 Å². The van der Waals surface area contributed by atoms with Crippen molar-refractivity contribution < 1.29 is 14.3 Å². The first kappa shape index (κ1) is 16.8. The third kappa shape index (κ3) is 5.33. The van der Waals surface area contributed by atoms with Gasteiger partial charge in [-0.1, -0.05) is 12.1 Å². The Morgan fingerprint density at radius 1 is 1.38 bits per heavy atom. The highest BCUT2D eigenvalue weighted by molar-refractivity contribution is 5.87. The molecule has 2 amide bonds. The van der Waals surface area contributed by atoms with Crippen molar-refractivity contribution >= 4 is 17.5 Å². The highest BCUT2D eigenvalue weighted by atomic mass is 16.5. The van der Waals surface area contributed by atoms with E-state index in [4.69, 9.17) is 10.5 Å². The minimum atomic E-state index is -0.538. The Balaban J connectivity index is 2.35. The van der Waals surface area contributed by atoms with Gasteiger partial charge in [0.2, 0.25) is 11.8 Å². The maximum absolute atomic E-state index is 11.8. The van der Waals surface area contributed by atoms with E-state index in [9.17, 15) is 9.59 Å². The first-order chi connectivity index (χ1) is 9.95. The van der Waals surface area contributed by atoms with Gasteiger partial charge in [0.1, 0.15) is 11.8 Å². The van der Waals surface area contributed by atoms with Crippen LogP contribution in [0.4, 0.5) is 5.69 Å². The molecule has 1 aromatic carbocycles. The second-order valence-corrected chi connectivity index (χ2v) is 4.78. The first-order valence-electron chi connectivity index (χ1n) is 6.97. The zero-order chi connectivity index (χ0) is 15.8. The van der Waals surface area contributed by atoms with Crippen LogP contribution in [0.3, 0.4) is 0 Å². The Morgan fingerprint density at radius 2 is 2.05 bits per heavy atom. The summed E-state index contributed by atoms with van der Waals surface area (Å²) in [5, 5.41) is 2.65. The van der Waals surface area contributed by atoms with Crippen molar-refractivity contribution in [2.75, 3.05) is 25.9 Å². The number of benzene rings is 1. The molecule has 0 spiro atoms. The molecule has 1 aromatic rings. The van der Waals surface area contributed by atoms with Gasteiger partial charge in [0.05, 0.1) is 18.7 Å². The van der Waals surface area contributed by atoms with Crippen LogP contribution in [0, 0.1) is 0 Å². The number of nitrogen functional groups attached to an aromatic ring is 1. The fraction of sp³-hybridized carbons (Fsp3) is 0.467. The van der Waals surface area contributed by atoms with E-state index in [-0.39, 0.29) is 24.8 Å². The van der Waals surface area contributed by atoms with E-state index >= 15 is 0 Å². The van der Waals surface area contributed by atoms with Gasteiger partial charge in [0.15, 0.2) is 0 Å². The number of carbonyl (C=O) groups is 2. The monoisotopic (exact) mass is 293 g/mol. The summed E-state index contributed by atoms with van der Waals surface area (Å²) in [6.07, 6.45) is 0.168. The molecule has 1 atom stereocenters. The minimum Gasteiger partial charge on any atom is -0.491 e. The van der Waals surface area contributed by atoms with Crippen molar-refractivity contribution in [3.8, 4) is 5.75 Å². The number of nitrogens with zero attached hydrogens (tertiary/aromatic N) is 1. The van der Waals surface area contributed by atoms with Crippen molar-refractivity contribution in [1.82, 2.24) is 10.2 Å². The number of ether oxygens (including phenoxy) is 1. The molecule has 1 unspecified atom stereocenters. The number of carbonyl (C=O) groups excluding carboxylic acids is 2. The van der Waals surface area contributed by atoms with Gasteiger partial charge in [0, 0.05) is 13.6 Å². The van der Waals surface area contributed by atoms with Crippen LogP contribution in [0.1, 0.15) is 20.3 Å². The van der Waals surface area contributed by atoms with Crippen LogP contribution in [0.15, 0.2) is 24.3 Å². The van der Waals surface area contributed by atoms with Gasteiger partial charge in [-0.3, -0.25) is 9.59 Å². The summed E-state index contributed by atoms with van der Waals surface area (Å²) in [6.45, 7) is 4.37. The van der Waals surface area contributed by atoms with Gasteiger partial charge in [-0.25, -0.2) is 0 Å². The molecular formula is C15H23N3O3. The minimum absolute atomic E-state index is 0.112. The molecule has 0 aliphatic heterocycles. The molecule has 0 radical (unpaired) electrons. The quantitative estimate of drug-likeness (QED) is 0.735. The third-order valence-corrected chi connectivity index (χ3v) is 3.10. The lowest BCUT2D eigenvalue weighted by molar-refractivity contribution is -0.134. The fourth-order valence-corrected chi connectivity index (χ4v) is 1.73. The molecule has 0 aromatic heterocycles. The standard InChI is InChI=1S/C15H23N3O3/c1-4-18(3)15(20)11(2)17-14(19)9-10-21-13-8-6-5-7-12(13)16/h5-8,11H,4,9-10,16H2,1-3H3,(H,17,19). The Kier molecular flexibility index (Phi) is 6.52. The van der Waals surface area contributed by atoms with Crippen molar-refractivity contribution in [2.45, 2.75) is 26.3 Å². The molecule has 0 heterocycles. The maximum Gasteiger partial charge on any atom is 0.244 e. The largest absolute Gasteiger partial charge is 0.491 e. The van der Waals surface area contributed by atoms with Crippen molar-refractivity contribution in [3.05, 3.63) is 24.3 Å². The number of rotatable bonds is 7. The molecule has 0 saturated heterocycles. The summed E-state index contributed by atoms with van der Waals surface area (Å²) >= 11 is 0. The summed E-state index contributed by atoms with van der Waals surface area (Å²) in [5.41, 5.74) is 6.26. The van der Waals surface area contributed by atoms with Crippen molar-refractivity contribution in [1.29, 1.82) is 0 Å². The molecule has 0 aliphatic carbocycles. The lowest BCUT2D eigenvalue weighted by atomic mass is 10.2. The molecule has 0 bridgehead atoms. The molecule has 6 heteroatoms. The Hall–Kier alpha value is -2.24. The average Bonchev–Trinajstić information content (AvgIpc) is 2.47. The van der Waals surface area contributed by atoms with Crippen molar-refractivity contribution in [3.63, 3.8) is 0 Å². The van der Waals surface area contributed by atoms with Crippen LogP contribution < -0.4 is 15.8 Å². The zero-order valence-electron chi connectivity index (χ0n) is 12.8. The van der Waals surface area contributed by atoms with E-state index in [0.29, 0.717) is 18.0 Å². The Bertz CT molecular complexity index is 491. The van der Waals surface area contributed by atoms with Gasteiger partial charge in [-0.05, 0) is 26.0 Å². The number of amides is 2. The number of para-hydroxylation sites is 2. The number of hydrogen-bond acceptors (Lipinski definition) is 4. The number of nitrogens with two attached hydrogens (primary N) is 1. The van der Waals surface area contributed by atoms with E-state index in [0.717, 1.165) is 0 Å². The highest BCUT2D eigenvalue weighted by Crippen LogP contribution is 2.19. The zero-order valence-corrected chi connectivity index (χ0v) is 12.8. The predicted molar refractivity (Wildman–Crippen MR) is 81.9 cm³/mol. The van der Waals surface area contributed by atoms with Crippen LogP contribution >= 0.6 is 0 Å². The predicted octanol–water partition coefficient (Wildman–Crippen LogP) is 1.02. The molecule has 0 saturated carbocycles. The molecular weight excluding hydrogens is 270 g/mol. The van der Waals surface area contributed by atoms with E-state index in [1.54, 1.807) is 31.0 Å². The molecule has 116 valence electrons. The fourth-order valence-electron chi connectivity index (χ4n) is 1.73. The summed E-state index contributed by atoms with van der Waals surface area (Å²) in [6, 6.07) is 6.57. The van der Waals surface area contributed by atoms with Gasteiger partial charge in [-0.15, -0.1) is 0 Å². The molecule has 0 aliphatic rings. The van der Waals surface area contributed by atoms with Gasteiger partial charge < -0.3 is 20.7 Å². The van der Waals surface area contributed by atoms with E-state index in [1.165, 1.54) is 0 Å². The number of nitrogens with one attached hydrogen (secondary N) is 1. The Morgan fingerprint density at radius 3 is 2.67 bits per heavy atom. The smallest absolute Gasteiger partial charge is 0.244 e. The lowest BCUT2D eigenvalue weighted by Crippen LogP contribution is -2.45. The highest BCUT2D eigenvalue weighted by Gasteiger charge is 2.18. The summed E-state index contributed by atoms with van der Waals surface area (Å²) < 4.78 is 5.44. The average molecular weight is 293 g/mol. The van der Waals surface area contributed by atoms with Crippen LogP contribution in [-0.2, 0) is 9.59 Å².